The molecular formula is C14H21N3O2. The maximum absolute atomic E-state index is 12.3. The van der Waals surface area contributed by atoms with E-state index in [0.29, 0.717) is 12.1 Å². The zero-order valence-electron chi connectivity index (χ0n) is 11.3. The number of aliphatic hydroxyl groups excluding tert-OH is 1. The van der Waals surface area contributed by atoms with Crippen molar-refractivity contribution in [2.75, 3.05) is 31.6 Å². The minimum absolute atomic E-state index is 0.0258. The minimum Gasteiger partial charge on any atom is -0.396 e. The van der Waals surface area contributed by atoms with E-state index in [2.05, 4.69) is 17.2 Å². The summed E-state index contributed by atoms with van der Waals surface area (Å²) in [6.07, 6.45) is 3.56. The zero-order valence-corrected chi connectivity index (χ0v) is 11.3. The topological polar surface area (TPSA) is 65.5 Å². The molecule has 5 heteroatoms. The molecule has 1 aliphatic rings. The van der Waals surface area contributed by atoms with Crippen LogP contribution in [0.4, 0.5) is 5.82 Å². The van der Waals surface area contributed by atoms with E-state index in [9.17, 15) is 4.79 Å². The predicted octanol–water partition coefficient (Wildman–Crippen LogP) is 1.36. The number of nitrogens with zero attached hydrogens (tertiary/aromatic N) is 2. The molecule has 2 rings (SSSR count). The van der Waals surface area contributed by atoms with Crippen molar-refractivity contribution >= 4 is 11.7 Å². The molecule has 104 valence electrons. The molecule has 0 bridgehead atoms. The van der Waals surface area contributed by atoms with Crippen LogP contribution < -0.4 is 5.32 Å². The zero-order chi connectivity index (χ0) is 13.7. The van der Waals surface area contributed by atoms with E-state index in [0.717, 1.165) is 31.7 Å². The molecular weight excluding hydrogens is 242 g/mol. The largest absolute Gasteiger partial charge is 0.396 e. The number of likely N-dealkylation sites (tertiary alicyclic amines) is 1. The summed E-state index contributed by atoms with van der Waals surface area (Å²) in [7, 11) is 0. The average molecular weight is 263 g/mol. The van der Waals surface area contributed by atoms with Gasteiger partial charge in [0.15, 0.2) is 0 Å². The first kappa shape index (κ1) is 13.8. The molecule has 1 aromatic rings. The van der Waals surface area contributed by atoms with Gasteiger partial charge in [-0.25, -0.2) is 4.98 Å². The van der Waals surface area contributed by atoms with Crippen molar-refractivity contribution < 1.29 is 9.90 Å². The van der Waals surface area contributed by atoms with Crippen molar-refractivity contribution in [1.29, 1.82) is 0 Å². The number of pyridine rings is 1. The van der Waals surface area contributed by atoms with Crippen LogP contribution in [0.5, 0.6) is 0 Å². The number of rotatable bonds is 5. The lowest BCUT2D eigenvalue weighted by Gasteiger charge is -2.16. The fraction of sp³-hybridized carbons (Fsp3) is 0.571. The highest BCUT2D eigenvalue weighted by molar-refractivity contribution is 5.95. The fourth-order valence-electron chi connectivity index (χ4n) is 2.26. The second-order valence-electron chi connectivity index (χ2n) is 4.94. The Morgan fingerprint density at radius 2 is 2.47 bits per heavy atom. The van der Waals surface area contributed by atoms with Crippen LogP contribution in [0.3, 0.4) is 0 Å². The van der Waals surface area contributed by atoms with Gasteiger partial charge in [-0.1, -0.05) is 6.92 Å². The Balaban J connectivity index is 2.02. The number of aromatic nitrogens is 1. The molecule has 1 aliphatic heterocycles. The quantitative estimate of drug-likeness (QED) is 0.842. The van der Waals surface area contributed by atoms with Gasteiger partial charge in [-0.15, -0.1) is 0 Å². The number of aliphatic hydroxyl groups is 1. The predicted molar refractivity (Wildman–Crippen MR) is 74.1 cm³/mol. The van der Waals surface area contributed by atoms with Crippen LogP contribution in [0.25, 0.3) is 0 Å². The normalized spacial score (nSPS) is 18.6. The third-order valence-corrected chi connectivity index (χ3v) is 3.39. The molecule has 1 aromatic heterocycles. The molecule has 0 radical (unpaired) electrons. The van der Waals surface area contributed by atoms with Gasteiger partial charge in [0.1, 0.15) is 5.82 Å². The summed E-state index contributed by atoms with van der Waals surface area (Å²) < 4.78 is 0. The average Bonchev–Trinajstić information content (AvgIpc) is 2.93. The van der Waals surface area contributed by atoms with Crippen molar-refractivity contribution in [1.82, 2.24) is 9.88 Å². The molecule has 1 fully saturated rings. The minimum atomic E-state index is 0.0258. The van der Waals surface area contributed by atoms with Crippen LogP contribution in [0.1, 0.15) is 30.1 Å². The highest BCUT2D eigenvalue weighted by Gasteiger charge is 2.26. The summed E-state index contributed by atoms with van der Waals surface area (Å²) in [5.74, 6) is 0.993. The maximum Gasteiger partial charge on any atom is 0.254 e. The van der Waals surface area contributed by atoms with Crippen LogP contribution in [0.2, 0.25) is 0 Å². The van der Waals surface area contributed by atoms with E-state index < -0.39 is 0 Å². The number of hydrogen-bond donors (Lipinski definition) is 2. The van der Waals surface area contributed by atoms with Gasteiger partial charge < -0.3 is 15.3 Å². The van der Waals surface area contributed by atoms with E-state index >= 15 is 0 Å². The number of carbonyl (C=O) groups excluding carboxylic acids is 1. The lowest BCUT2D eigenvalue weighted by molar-refractivity contribution is 0.0782. The third-order valence-electron chi connectivity index (χ3n) is 3.39. The summed E-state index contributed by atoms with van der Waals surface area (Å²) in [6.45, 7) is 4.46. The fourth-order valence-corrected chi connectivity index (χ4v) is 2.26. The van der Waals surface area contributed by atoms with Crippen LogP contribution in [-0.2, 0) is 0 Å². The number of hydrogen-bond acceptors (Lipinski definition) is 4. The lowest BCUT2D eigenvalue weighted by Crippen LogP contribution is -2.29. The molecule has 2 N–H and O–H groups in total. The van der Waals surface area contributed by atoms with Gasteiger partial charge >= 0.3 is 0 Å². The standard InChI is InChI=1S/C14H21N3O2/c1-2-5-15-13-8-12(3-6-16-13)14(19)17-7-4-11(9-17)10-18/h3,6,8,11,18H,2,4-5,7,9-10H2,1H3,(H,15,16). The van der Waals surface area contributed by atoms with Gasteiger partial charge in [-0.2, -0.15) is 0 Å². The SMILES string of the molecule is CCCNc1cc(C(=O)N2CCC(CO)C2)ccn1. The van der Waals surface area contributed by atoms with E-state index in [1.54, 1.807) is 23.2 Å². The van der Waals surface area contributed by atoms with Crippen molar-refractivity contribution in [3.05, 3.63) is 23.9 Å². The summed E-state index contributed by atoms with van der Waals surface area (Å²) in [6, 6.07) is 3.54. The van der Waals surface area contributed by atoms with Crippen LogP contribution >= 0.6 is 0 Å². The Morgan fingerprint density at radius 3 is 3.16 bits per heavy atom. The van der Waals surface area contributed by atoms with E-state index in [-0.39, 0.29) is 18.4 Å². The van der Waals surface area contributed by atoms with Gasteiger partial charge in [-0.05, 0) is 25.0 Å². The summed E-state index contributed by atoms with van der Waals surface area (Å²) in [5, 5.41) is 12.3. The maximum atomic E-state index is 12.3. The summed E-state index contributed by atoms with van der Waals surface area (Å²) in [4.78, 5) is 18.3. The van der Waals surface area contributed by atoms with E-state index in [4.69, 9.17) is 5.11 Å². The molecule has 0 spiro atoms. The monoisotopic (exact) mass is 263 g/mol. The van der Waals surface area contributed by atoms with Crippen LogP contribution in [0, 0.1) is 5.92 Å². The number of carbonyl (C=O) groups is 1. The van der Waals surface area contributed by atoms with Crippen molar-refractivity contribution in [3.8, 4) is 0 Å². The smallest absolute Gasteiger partial charge is 0.254 e. The Bertz CT molecular complexity index is 436. The van der Waals surface area contributed by atoms with Gasteiger partial charge in [0.25, 0.3) is 5.91 Å². The van der Waals surface area contributed by atoms with Crippen molar-refractivity contribution in [2.24, 2.45) is 5.92 Å². The lowest BCUT2D eigenvalue weighted by atomic mass is 10.1. The number of nitrogens with one attached hydrogen (secondary N) is 1. The molecule has 0 saturated carbocycles. The first-order chi connectivity index (χ1) is 9.24. The number of anilines is 1. The highest BCUT2D eigenvalue weighted by Crippen LogP contribution is 2.19. The van der Waals surface area contributed by atoms with E-state index in [1.807, 2.05) is 0 Å². The molecule has 19 heavy (non-hydrogen) atoms. The second-order valence-corrected chi connectivity index (χ2v) is 4.94. The first-order valence-electron chi connectivity index (χ1n) is 6.84. The Kier molecular flexibility index (Phi) is 4.74. The highest BCUT2D eigenvalue weighted by atomic mass is 16.3. The molecule has 1 atom stereocenters. The molecule has 0 aliphatic carbocycles. The summed E-state index contributed by atoms with van der Waals surface area (Å²) in [5.41, 5.74) is 0.659. The third kappa shape index (κ3) is 3.44. The second kappa shape index (κ2) is 6.52. The molecule has 5 nitrogen and oxygen atoms in total. The molecule has 1 saturated heterocycles. The number of amides is 1. The Morgan fingerprint density at radius 1 is 1.63 bits per heavy atom. The van der Waals surface area contributed by atoms with Gasteiger partial charge in [-0.3, -0.25) is 4.79 Å². The van der Waals surface area contributed by atoms with Gasteiger partial charge in [0.2, 0.25) is 0 Å². The van der Waals surface area contributed by atoms with Crippen LogP contribution in [-0.4, -0.2) is 47.1 Å². The van der Waals surface area contributed by atoms with Crippen molar-refractivity contribution in [2.45, 2.75) is 19.8 Å². The first-order valence-corrected chi connectivity index (χ1v) is 6.84. The van der Waals surface area contributed by atoms with Gasteiger partial charge in [0, 0.05) is 43.9 Å². The summed E-state index contributed by atoms with van der Waals surface area (Å²) >= 11 is 0. The van der Waals surface area contributed by atoms with E-state index in [1.165, 1.54) is 0 Å². The molecule has 1 amide bonds. The molecule has 0 aromatic carbocycles. The Hall–Kier alpha value is -1.62. The van der Waals surface area contributed by atoms with Gasteiger partial charge in [0.05, 0.1) is 0 Å². The van der Waals surface area contributed by atoms with Crippen LogP contribution in [0.15, 0.2) is 18.3 Å². The molecule has 2 heterocycles. The Labute approximate surface area is 113 Å². The molecule has 1 unspecified atom stereocenters. The van der Waals surface area contributed by atoms with Crippen molar-refractivity contribution in [3.63, 3.8) is 0 Å².